The van der Waals surface area contributed by atoms with Gasteiger partial charge >= 0.3 is 0 Å². The van der Waals surface area contributed by atoms with Crippen LogP contribution in [0.4, 0.5) is 0 Å². The predicted molar refractivity (Wildman–Crippen MR) is 70.7 cm³/mol. The number of hydrogen-bond donors (Lipinski definition) is 1. The fourth-order valence-electron chi connectivity index (χ4n) is 2.35. The van der Waals surface area contributed by atoms with Gasteiger partial charge in [0.1, 0.15) is 13.2 Å². The molecule has 5 heteroatoms. The van der Waals surface area contributed by atoms with Crippen molar-refractivity contribution in [1.82, 2.24) is 0 Å². The quantitative estimate of drug-likeness (QED) is 0.835. The fourth-order valence-corrected chi connectivity index (χ4v) is 2.35. The summed E-state index contributed by atoms with van der Waals surface area (Å²) in [6.07, 6.45) is 1.15. The Kier molecular flexibility index (Phi) is 4.84. The van der Waals surface area contributed by atoms with E-state index in [4.69, 9.17) is 9.47 Å². The smallest absolute Gasteiger partial charge is 0.161 e. The second-order valence-corrected chi connectivity index (χ2v) is 4.91. The highest BCUT2D eigenvalue weighted by molar-refractivity contribution is 5.75. The molecule has 0 spiro atoms. The number of aliphatic hydroxyl groups excluding tert-OH is 1. The monoisotopic (exact) mass is 279 g/mol. The zero-order chi connectivity index (χ0) is 14.5. The Morgan fingerprint density at radius 2 is 2.05 bits per heavy atom. The summed E-state index contributed by atoms with van der Waals surface area (Å²) >= 11 is 0. The molecule has 5 nitrogen and oxygen atoms in total. The molecule has 1 heterocycles. The first-order valence-electron chi connectivity index (χ1n) is 6.92. The van der Waals surface area contributed by atoms with Gasteiger partial charge in [-0.15, -0.1) is 0 Å². The minimum atomic E-state index is -1.27. The van der Waals surface area contributed by atoms with E-state index < -0.39 is 18.0 Å². The molecule has 2 rings (SSSR count). The normalized spacial score (nSPS) is 16.5. The van der Waals surface area contributed by atoms with Crippen molar-refractivity contribution in [3.05, 3.63) is 23.8 Å². The van der Waals surface area contributed by atoms with Crippen molar-refractivity contribution in [3.8, 4) is 11.5 Å². The summed E-state index contributed by atoms with van der Waals surface area (Å²) in [5.74, 6) is -1.20. The fraction of sp³-hybridized carbons (Fsp3) is 0.533. The minimum absolute atomic E-state index is 0.434. The molecule has 20 heavy (non-hydrogen) atoms. The van der Waals surface area contributed by atoms with Crippen LogP contribution in [0.15, 0.2) is 18.2 Å². The first-order chi connectivity index (χ1) is 9.63. The number of carbonyl (C=O) groups is 1. The first-order valence-corrected chi connectivity index (χ1v) is 6.92. The van der Waals surface area contributed by atoms with E-state index in [1.165, 1.54) is 0 Å². The SMILES string of the molecule is CCCCC(O)C(C(=O)[O-])c1ccc2c(c1)OCCO2. The van der Waals surface area contributed by atoms with Crippen molar-refractivity contribution in [2.45, 2.75) is 38.2 Å². The molecule has 0 fully saturated rings. The largest absolute Gasteiger partial charge is 0.549 e. The molecule has 0 amide bonds. The Hall–Kier alpha value is -1.75. The minimum Gasteiger partial charge on any atom is -0.549 e. The van der Waals surface area contributed by atoms with Gasteiger partial charge in [-0.25, -0.2) is 0 Å². The lowest BCUT2D eigenvalue weighted by Gasteiger charge is -2.26. The van der Waals surface area contributed by atoms with E-state index in [0.29, 0.717) is 36.7 Å². The molecule has 1 aromatic rings. The van der Waals surface area contributed by atoms with Gasteiger partial charge in [-0.3, -0.25) is 0 Å². The standard InChI is InChI=1S/C15H20O5/c1-2-3-4-11(16)14(15(17)18)10-5-6-12-13(9-10)20-8-7-19-12/h5-6,9,11,14,16H,2-4,7-8H2,1H3,(H,17,18)/p-1. The maximum absolute atomic E-state index is 11.3. The zero-order valence-corrected chi connectivity index (χ0v) is 11.5. The number of carboxylic acids is 1. The number of carbonyl (C=O) groups excluding carboxylic acids is 1. The van der Waals surface area contributed by atoms with Gasteiger partial charge in [0.15, 0.2) is 11.5 Å². The lowest BCUT2D eigenvalue weighted by atomic mass is 9.90. The number of carboxylic acid groups (broad SMARTS) is 1. The molecule has 110 valence electrons. The summed E-state index contributed by atoms with van der Waals surface area (Å²) in [5, 5.41) is 21.4. The average molecular weight is 279 g/mol. The van der Waals surface area contributed by atoms with Gasteiger partial charge in [0.25, 0.3) is 0 Å². The summed E-state index contributed by atoms with van der Waals surface area (Å²) in [6, 6.07) is 4.93. The molecule has 1 aliphatic rings. The molecule has 2 unspecified atom stereocenters. The van der Waals surface area contributed by atoms with Crippen LogP contribution in [0.2, 0.25) is 0 Å². The third kappa shape index (κ3) is 3.22. The molecular weight excluding hydrogens is 260 g/mol. The second kappa shape index (κ2) is 6.61. The Labute approximate surface area is 118 Å². The topological polar surface area (TPSA) is 78.8 Å². The molecule has 0 radical (unpaired) electrons. The number of aliphatic carboxylic acids is 1. The Balaban J connectivity index is 2.22. The van der Waals surface area contributed by atoms with E-state index in [2.05, 4.69) is 0 Å². The van der Waals surface area contributed by atoms with Crippen molar-refractivity contribution in [2.24, 2.45) is 0 Å². The number of rotatable bonds is 6. The first kappa shape index (κ1) is 14.7. The van der Waals surface area contributed by atoms with Gasteiger partial charge in [0, 0.05) is 5.92 Å². The maximum atomic E-state index is 11.3. The van der Waals surface area contributed by atoms with E-state index >= 15 is 0 Å². The molecule has 0 aliphatic carbocycles. The van der Waals surface area contributed by atoms with Gasteiger partial charge in [0.2, 0.25) is 0 Å². The molecule has 1 aromatic carbocycles. The number of benzene rings is 1. The summed E-state index contributed by atoms with van der Waals surface area (Å²) < 4.78 is 10.8. The van der Waals surface area contributed by atoms with Crippen LogP contribution in [-0.4, -0.2) is 30.4 Å². The Morgan fingerprint density at radius 1 is 1.35 bits per heavy atom. The third-order valence-electron chi connectivity index (χ3n) is 3.42. The maximum Gasteiger partial charge on any atom is 0.161 e. The number of hydrogen-bond acceptors (Lipinski definition) is 5. The molecule has 1 N–H and O–H groups in total. The molecule has 0 bridgehead atoms. The number of ether oxygens (including phenoxy) is 2. The van der Waals surface area contributed by atoms with Crippen LogP contribution in [0, 0.1) is 0 Å². The van der Waals surface area contributed by atoms with Crippen LogP contribution in [0.3, 0.4) is 0 Å². The van der Waals surface area contributed by atoms with Gasteiger partial charge in [-0.05, 0) is 24.1 Å². The van der Waals surface area contributed by atoms with E-state index in [0.717, 1.165) is 12.8 Å². The zero-order valence-electron chi connectivity index (χ0n) is 11.5. The van der Waals surface area contributed by atoms with E-state index in [-0.39, 0.29) is 0 Å². The van der Waals surface area contributed by atoms with E-state index in [1.807, 2.05) is 6.92 Å². The van der Waals surface area contributed by atoms with Crippen LogP contribution in [-0.2, 0) is 4.79 Å². The highest BCUT2D eigenvalue weighted by Gasteiger charge is 2.24. The van der Waals surface area contributed by atoms with Crippen LogP contribution in [0.5, 0.6) is 11.5 Å². The number of aliphatic hydroxyl groups is 1. The number of unbranched alkanes of at least 4 members (excludes halogenated alkanes) is 1. The van der Waals surface area contributed by atoms with E-state index in [9.17, 15) is 15.0 Å². The van der Waals surface area contributed by atoms with Gasteiger partial charge in [-0.2, -0.15) is 0 Å². The third-order valence-corrected chi connectivity index (χ3v) is 3.42. The molecule has 1 aliphatic heterocycles. The van der Waals surface area contributed by atoms with Crippen LogP contribution in [0.1, 0.15) is 37.7 Å². The van der Waals surface area contributed by atoms with E-state index in [1.54, 1.807) is 18.2 Å². The average Bonchev–Trinajstić information content (AvgIpc) is 2.44. The molecule has 2 atom stereocenters. The summed E-state index contributed by atoms with van der Waals surface area (Å²) in [5.41, 5.74) is 0.484. The predicted octanol–water partition coefficient (Wildman–Crippen LogP) is 0.842. The van der Waals surface area contributed by atoms with Crippen molar-refractivity contribution in [1.29, 1.82) is 0 Å². The van der Waals surface area contributed by atoms with Crippen molar-refractivity contribution >= 4 is 5.97 Å². The number of fused-ring (bicyclic) bond motifs is 1. The van der Waals surface area contributed by atoms with Crippen molar-refractivity contribution < 1.29 is 24.5 Å². The molecule has 0 saturated heterocycles. The molecule has 0 saturated carbocycles. The summed E-state index contributed by atoms with van der Waals surface area (Å²) in [7, 11) is 0. The lowest BCUT2D eigenvalue weighted by Crippen LogP contribution is -2.37. The van der Waals surface area contributed by atoms with Crippen molar-refractivity contribution in [3.63, 3.8) is 0 Å². The van der Waals surface area contributed by atoms with Crippen LogP contribution < -0.4 is 14.6 Å². The van der Waals surface area contributed by atoms with Crippen LogP contribution >= 0.6 is 0 Å². The highest BCUT2D eigenvalue weighted by Crippen LogP contribution is 2.34. The van der Waals surface area contributed by atoms with Crippen molar-refractivity contribution in [2.75, 3.05) is 13.2 Å². The Bertz CT molecular complexity index is 471. The van der Waals surface area contributed by atoms with Gasteiger partial charge in [0.05, 0.1) is 12.1 Å². The lowest BCUT2D eigenvalue weighted by molar-refractivity contribution is -0.310. The summed E-state index contributed by atoms with van der Waals surface area (Å²) in [6.45, 7) is 2.91. The summed E-state index contributed by atoms with van der Waals surface area (Å²) in [4.78, 5) is 11.3. The molecule has 0 aromatic heterocycles. The second-order valence-electron chi connectivity index (χ2n) is 4.91. The van der Waals surface area contributed by atoms with Crippen LogP contribution in [0.25, 0.3) is 0 Å². The van der Waals surface area contributed by atoms with Gasteiger partial charge < -0.3 is 24.5 Å². The Morgan fingerprint density at radius 3 is 2.70 bits per heavy atom. The van der Waals surface area contributed by atoms with Gasteiger partial charge in [-0.1, -0.05) is 25.8 Å². The highest BCUT2D eigenvalue weighted by atomic mass is 16.6. The molecular formula is C15H19O5-.